The number of ether oxygens (including phenoxy) is 2. The predicted molar refractivity (Wildman–Crippen MR) is 107 cm³/mol. The summed E-state index contributed by atoms with van der Waals surface area (Å²) in [6, 6.07) is 3.69. The van der Waals surface area contributed by atoms with E-state index in [2.05, 4.69) is 15.3 Å². The summed E-state index contributed by atoms with van der Waals surface area (Å²) >= 11 is 6.57. The van der Waals surface area contributed by atoms with Crippen LogP contribution >= 0.6 is 11.6 Å². The highest BCUT2D eigenvalue weighted by Crippen LogP contribution is 2.43. The van der Waals surface area contributed by atoms with Crippen LogP contribution in [-0.4, -0.2) is 39.1 Å². The molecule has 0 saturated heterocycles. The van der Waals surface area contributed by atoms with Gasteiger partial charge in [-0.2, -0.15) is 10.2 Å². The molecule has 152 valence electrons. The highest BCUT2D eigenvalue weighted by Gasteiger charge is 2.31. The Bertz CT molecular complexity index is 1090. The molecular weight excluding hydrogens is 398 g/mol. The third kappa shape index (κ3) is 3.21. The van der Waals surface area contributed by atoms with E-state index < -0.39 is 4.92 Å². The number of aromatic amines is 1. The van der Waals surface area contributed by atoms with Gasteiger partial charge in [0, 0.05) is 24.4 Å². The van der Waals surface area contributed by atoms with Crippen molar-refractivity contribution in [3.05, 3.63) is 50.3 Å². The SMILES string of the molecule is COc1cc(OC)c(Cl)c(C2CCc3c(-c4c([N+](=O)[O-])cnn4C)n[nH]c3C2)c1. The van der Waals surface area contributed by atoms with E-state index in [4.69, 9.17) is 21.1 Å². The third-order valence-corrected chi connectivity index (χ3v) is 5.83. The first-order chi connectivity index (χ1) is 13.9. The molecule has 29 heavy (non-hydrogen) atoms. The highest BCUT2D eigenvalue weighted by atomic mass is 35.5. The van der Waals surface area contributed by atoms with Gasteiger partial charge in [0.15, 0.2) is 5.69 Å². The van der Waals surface area contributed by atoms with Crippen LogP contribution in [0.25, 0.3) is 11.4 Å². The molecule has 1 aliphatic carbocycles. The maximum Gasteiger partial charge on any atom is 0.316 e. The Morgan fingerprint density at radius 1 is 1.34 bits per heavy atom. The van der Waals surface area contributed by atoms with Crippen LogP contribution in [0.15, 0.2) is 18.3 Å². The molecule has 3 aromatic rings. The van der Waals surface area contributed by atoms with Gasteiger partial charge >= 0.3 is 5.69 Å². The molecule has 0 amide bonds. The van der Waals surface area contributed by atoms with E-state index in [9.17, 15) is 10.1 Å². The van der Waals surface area contributed by atoms with Crippen LogP contribution in [0.4, 0.5) is 5.69 Å². The summed E-state index contributed by atoms with van der Waals surface area (Å²) in [6.07, 6.45) is 3.47. The molecule has 0 fully saturated rings. The van der Waals surface area contributed by atoms with Crippen molar-refractivity contribution in [3.8, 4) is 22.9 Å². The number of halogens is 1. The van der Waals surface area contributed by atoms with Crippen LogP contribution in [0.5, 0.6) is 11.5 Å². The first-order valence-electron chi connectivity index (χ1n) is 9.08. The minimum absolute atomic E-state index is 0.0514. The lowest BCUT2D eigenvalue weighted by atomic mass is 9.82. The van der Waals surface area contributed by atoms with E-state index >= 15 is 0 Å². The number of hydrogen-bond acceptors (Lipinski definition) is 6. The van der Waals surface area contributed by atoms with Crippen LogP contribution in [0, 0.1) is 10.1 Å². The van der Waals surface area contributed by atoms with Gasteiger partial charge in [0.1, 0.15) is 23.4 Å². The number of hydrogen-bond donors (Lipinski definition) is 1. The number of H-pyrrole nitrogens is 1. The van der Waals surface area contributed by atoms with Crippen LogP contribution in [0.1, 0.15) is 29.2 Å². The van der Waals surface area contributed by atoms with Crippen molar-refractivity contribution < 1.29 is 14.4 Å². The van der Waals surface area contributed by atoms with Crippen molar-refractivity contribution in [2.75, 3.05) is 14.2 Å². The van der Waals surface area contributed by atoms with E-state index in [-0.39, 0.29) is 11.6 Å². The van der Waals surface area contributed by atoms with Gasteiger partial charge in [-0.3, -0.25) is 19.9 Å². The van der Waals surface area contributed by atoms with Crippen LogP contribution in [0.3, 0.4) is 0 Å². The summed E-state index contributed by atoms with van der Waals surface area (Å²) in [5.74, 6) is 1.40. The molecule has 0 bridgehead atoms. The molecule has 0 aliphatic heterocycles. The normalized spacial score (nSPS) is 15.8. The fourth-order valence-corrected chi connectivity index (χ4v) is 4.30. The average Bonchev–Trinajstić information content (AvgIpc) is 3.30. The number of methoxy groups -OCH3 is 2. The molecule has 0 spiro atoms. The van der Waals surface area contributed by atoms with Gasteiger partial charge in [-0.05, 0) is 36.8 Å². The zero-order chi connectivity index (χ0) is 20.7. The Labute approximate surface area is 171 Å². The number of nitrogens with zero attached hydrogens (tertiary/aromatic N) is 4. The second kappa shape index (κ2) is 7.40. The molecular formula is C19H20ClN5O4. The van der Waals surface area contributed by atoms with Gasteiger partial charge in [0.05, 0.1) is 24.2 Å². The number of nitro groups is 1. The number of aryl methyl sites for hydroxylation is 1. The second-order valence-electron chi connectivity index (χ2n) is 6.96. The summed E-state index contributed by atoms with van der Waals surface area (Å²) in [5.41, 5.74) is 3.83. The number of nitrogens with one attached hydrogen (secondary N) is 1. The Kier molecular flexibility index (Phi) is 4.91. The lowest BCUT2D eigenvalue weighted by Gasteiger charge is -2.24. The van der Waals surface area contributed by atoms with Gasteiger partial charge < -0.3 is 9.47 Å². The Morgan fingerprint density at radius 2 is 2.14 bits per heavy atom. The molecule has 2 heterocycles. The molecule has 4 rings (SSSR count). The first kappa shape index (κ1) is 19.3. The number of benzene rings is 1. The van der Waals surface area contributed by atoms with Crippen molar-refractivity contribution in [2.45, 2.75) is 25.2 Å². The smallest absolute Gasteiger partial charge is 0.316 e. The predicted octanol–water partition coefficient (Wildman–Crippen LogP) is 3.66. The Hall–Kier alpha value is -3.07. The molecule has 0 saturated carbocycles. The largest absolute Gasteiger partial charge is 0.497 e. The topological polar surface area (TPSA) is 108 Å². The molecule has 1 N–H and O–H groups in total. The Morgan fingerprint density at radius 3 is 2.83 bits per heavy atom. The standard InChI is InChI=1S/C19H20ClN5O4/c1-24-19(15(9-21-24)25(26)27)18-12-5-4-10(6-14(12)22-23-18)13-7-11(28-2)8-16(29-3)17(13)20/h7-10H,4-6H2,1-3H3,(H,22,23). The van der Waals surface area contributed by atoms with E-state index in [1.165, 1.54) is 10.9 Å². The summed E-state index contributed by atoms with van der Waals surface area (Å²) in [4.78, 5) is 10.9. The lowest BCUT2D eigenvalue weighted by molar-refractivity contribution is -0.384. The summed E-state index contributed by atoms with van der Waals surface area (Å²) in [7, 11) is 4.86. The maximum absolute atomic E-state index is 11.4. The fraction of sp³-hybridized carbons (Fsp3) is 0.368. The zero-order valence-electron chi connectivity index (χ0n) is 16.2. The molecule has 1 unspecified atom stereocenters. The van der Waals surface area contributed by atoms with E-state index in [0.717, 1.165) is 23.2 Å². The van der Waals surface area contributed by atoms with Gasteiger partial charge in [0.2, 0.25) is 0 Å². The van der Waals surface area contributed by atoms with Crippen LogP contribution in [-0.2, 0) is 19.9 Å². The van der Waals surface area contributed by atoms with E-state index in [1.54, 1.807) is 27.3 Å². The summed E-state index contributed by atoms with van der Waals surface area (Å²) in [5, 5.41) is 23.4. The summed E-state index contributed by atoms with van der Waals surface area (Å²) in [6.45, 7) is 0. The van der Waals surface area contributed by atoms with Crippen molar-refractivity contribution >= 4 is 17.3 Å². The van der Waals surface area contributed by atoms with E-state index in [0.29, 0.717) is 40.8 Å². The minimum Gasteiger partial charge on any atom is -0.497 e. The van der Waals surface area contributed by atoms with Gasteiger partial charge in [-0.25, -0.2) is 0 Å². The molecule has 0 radical (unpaired) electrons. The second-order valence-corrected chi connectivity index (χ2v) is 7.34. The molecule has 10 heteroatoms. The monoisotopic (exact) mass is 417 g/mol. The third-order valence-electron chi connectivity index (χ3n) is 5.42. The quantitative estimate of drug-likeness (QED) is 0.501. The number of rotatable bonds is 5. The molecule has 1 aromatic carbocycles. The highest BCUT2D eigenvalue weighted by molar-refractivity contribution is 6.33. The first-order valence-corrected chi connectivity index (χ1v) is 9.46. The van der Waals surface area contributed by atoms with Gasteiger partial charge in [-0.1, -0.05) is 11.6 Å². The maximum atomic E-state index is 11.4. The lowest BCUT2D eigenvalue weighted by Crippen LogP contribution is -2.14. The molecule has 9 nitrogen and oxygen atoms in total. The van der Waals surface area contributed by atoms with Crippen LogP contribution < -0.4 is 9.47 Å². The average molecular weight is 418 g/mol. The van der Waals surface area contributed by atoms with Gasteiger partial charge in [0.25, 0.3) is 0 Å². The zero-order valence-corrected chi connectivity index (χ0v) is 17.0. The van der Waals surface area contributed by atoms with Gasteiger partial charge in [-0.15, -0.1) is 0 Å². The number of aromatic nitrogens is 4. The molecule has 1 aliphatic rings. The van der Waals surface area contributed by atoms with Crippen molar-refractivity contribution in [1.82, 2.24) is 20.0 Å². The van der Waals surface area contributed by atoms with Crippen molar-refractivity contribution in [3.63, 3.8) is 0 Å². The van der Waals surface area contributed by atoms with Crippen LogP contribution in [0.2, 0.25) is 5.02 Å². The fourth-order valence-electron chi connectivity index (χ4n) is 3.96. The molecule has 2 aromatic heterocycles. The molecule has 1 atom stereocenters. The minimum atomic E-state index is -0.433. The summed E-state index contributed by atoms with van der Waals surface area (Å²) < 4.78 is 12.3. The van der Waals surface area contributed by atoms with Crippen molar-refractivity contribution in [1.29, 1.82) is 0 Å². The number of fused-ring (bicyclic) bond motifs is 1. The van der Waals surface area contributed by atoms with Crippen molar-refractivity contribution in [2.24, 2.45) is 7.05 Å². The Balaban J connectivity index is 1.71. The van der Waals surface area contributed by atoms with E-state index in [1.807, 2.05) is 6.07 Å².